The van der Waals surface area contributed by atoms with Crippen LogP contribution in [-0.4, -0.2) is 180 Å². The number of rotatable bonds is 7. The predicted molar refractivity (Wildman–Crippen MR) is 145 cm³/mol. The van der Waals surface area contributed by atoms with Crippen LogP contribution in [0.15, 0.2) is 0 Å². The highest BCUT2D eigenvalue weighted by Crippen LogP contribution is 2.42. The number of hydrogen-bond acceptors (Lipinski definition) is 15. The predicted octanol–water partition coefficient (Wildman–Crippen LogP) is -5.03. The van der Waals surface area contributed by atoms with E-state index in [0.717, 1.165) is 0 Å². The Kier molecular flexibility index (Phi) is 11.2. The Hall–Kier alpha value is -0.640. The molecule has 0 radical (unpaired) electrons. The molecule has 2 saturated carbocycles. The van der Waals surface area contributed by atoms with Crippen LogP contribution >= 0.6 is 0 Å². The lowest BCUT2D eigenvalue weighted by Crippen LogP contribution is -2.64. The number of aliphatic hydroxyl groups is 12. The van der Waals surface area contributed by atoms with Crippen LogP contribution in [0, 0.1) is 11.8 Å². The van der Waals surface area contributed by atoms with Gasteiger partial charge in [-0.3, -0.25) is 0 Å². The highest BCUT2D eigenvalue weighted by molar-refractivity contribution is 5.00. The maximum atomic E-state index is 10.9. The first kappa shape index (κ1) is 34.7. The first-order valence-electron chi connectivity index (χ1n) is 15.4. The van der Waals surface area contributed by atoms with E-state index < -0.39 is 117 Å². The van der Waals surface area contributed by atoms with Crippen LogP contribution in [0.3, 0.4) is 0 Å². The molecular formula is C28H49O16+. The Balaban J connectivity index is 1.31. The van der Waals surface area contributed by atoms with Gasteiger partial charge in [-0.25, -0.2) is 0 Å². The molecule has 11 N–H and O–H groups in total. The molecule has 10 unspecified atom stereocenters. The molecule has 0 bridgehead atoms. The van der Waals surface area contributed by atoms with Crippen LogP contribution in [0.2, 0.25) is 0 Å². The third kappa shape index (κ3) is 6.96. The van der Waals surface area contributed by atoms with Crippen LogP contribution in [-0.2, 0) is 23.7 Å². The minimum Gasteiger partial charge on any atom is -0.427 e. The van der Waals surface area contributed by atoms with Gasteiger partial charge >= 0.3 is 0 Å². The molecule has 44 heavy (non-hydrogen) atoms. The van der Waals surface area contributed by atoms with E-state index in [0.29, 0.717) is 12.8 Å². The Bertz CT molecular complexity index is 930. The largest absolute Gasteiger partial charge is 0.427 e. The fourth-order valence-corrected chi connectivity index (χ4v) is 7.46. The summed E-state index contributed by atoms with van der Waals surface area (Å²) in [6, 6.07) is 0. The minimum atomic E-state index is -1.72. The van der Waals surface area contributed by atoms with Gasteiger partial charge < -0.3 is 79.5 Å². The Morgan fingerprint density at radius 1 is 0.659 bits per heavy atom. The lowest BCUT2D eigenvalue weighted by atomic mass is 9.72. The van der Waals surface area contributed by atoms with E-state index in [2.05, 4.69) is 0 Å². The third-order valence-corrected chi connectivity index (χ3v) is 10.1. The fraction of sp³-hybridized carbons (Fsp3) is 1.00. The summed E-state index contributed by atoms with van der Waals surface area (Å²) in [6.45, 7) is 1.02. The zero-order chi connectivity index (χ0) is 32.0. The summed E-state index contributed by atoms with van der Waals surface area (Å²) in [5.41, 5.74) is 0. The highest BCUT2D eigenvalue weighted by atomic mass is 16.7. The van der Waals surface area contributed by atoms with Crippen molar-refractivity contribution in [2.45, 2.75) is 149 Å². The number of fused-ring (bicyclic) bond motifs is 1. The zero-order valence-corrected chi connectivity index (χ0v) is 24.8. The molecule has 3 heterocycles. The quantitative estimate of drug-likeness (QED) is 0.117. The van der Waals surface area contributed by atoms with Gasteiger partial charge in [-0.15, -0.1) is 0 Å². The van der Waals surface area contributed by atoms with E-state index in [4.69, 9.17) is 28.4 Å². The Labute approximate surface area is 254 Å². The number of ether oxygens (including phenoxy) is 6. The Morgan fingerprint density at radius 2 is 1.34 bits per heavy atom. The number of hydrogen-bond donors (Lipinski definition) is 10. The molecule has 0 amide bonds. The van der Waals surface area contributed by atoms with Crippen LogP contribution in [0.4, 0.5) is 0 Å². The van der Waals surface area contributed by atoms with Gasteiger partial charge in [0, 0.05) is 25.9 Å². The summed E-state index contributed by atoms with van der Waals surface area (Å²) >= 11 is 0. The van der Waals surface area contributed by atoms with Crippen molar-refractivity contribution in [2.75, 3.05) is 13.7 Å². The molecule has 16 heteroatoms. The lowest BCUT2D eigenvalue weighted by Gasteiger charge is -2.49. The SMILES string of the molecule is COC1CC(C2[OH+]C3CC(O)CC(O)C3CC2O[C@@H]2O[C@H](CO[C@@H]3O[C@@H](C)[C@H](O)[C@@H](O)[C@H]3O)[C@@H](O)[C@H](O)[C@H]2O)CC(O)C1O. The van der Waals surface area contributed by atoms with E-state index in [1.165, 1.54) is 14.0 Å². The van der Waals surface area contributed by atoms with E-state index in [1.54, 1.807) is 0 Å². The van der Waals surface area contributed by atoms with Crippen LogP contribution in [0.1, 0.15) is 39.0 Å². The van der Waals surface area contributed by atoms with Crippen LogP contribution < -0.4 is 0 Å². The first-order valence-corrected chi connectivity index (χ1v) is 15.4. The summed E-state index contributed by atoms with van der Waals surface area (Å²) in [6.07, 6.45) is -19.6. The van der Waals surface area contributed by atoms with Gasteiger partial charge in [0.15, 0.2) is 24.8 Å². The molecule has 0 spiro atoms. The van der Waals surface area contributed by atoms with E-state index >= 15 is 0 Å². The average Bonchev–Trinajstić information content (AvgIpc) is 2.99. The number of aliphatic hydroxyl groups excluding tert-OH is 10. The normalized spacial score (nSPS) is 55.4. The average molecular weight is 642 g/mol. The smallest absolute Gasteiger partial charge is 0.187 e. The van der Waals surface area contributed by atoms with Gasteiger partial charge in [0.1, 0.15) is 54.9 Å². The van der Waals surface area contributed by atoms with Crippen molar-refractivity contribution in [2.24, 2.45) is 11.8 Å². The van der Waals surface area contributed by atoms with Crippen molar-refractivity contribution in [1.82, 2.24) is 0 Å². The molecular weight excluding hydrogens is 592 g/mol. The summed E-state index contributed by atoms with van der Waals surface area (Å²) < 4.78 is 33.5. The Morgan fingerprint density at radius 3 is 2.05 bits per heavy atom. The molecule has 0 aromatic rings. The molecule has 3 saturated heterocycles. The fourth-order valence-electron chi connectivity index (χ4n) is 7.46. The van der Waals surface area contributed by atoms with Gasteiger partial charge in [-0.1, -0.05) is 0 Å². The van der Waals surface area contributed by atoms with Crippen molar-refractivity contribution in [3.8, 4) is 0 Å². The van der Waals surface area contributed by atoms with Crippen molar-refractivity contribution in [3.63, 3.8) is 0 Å². The molecule has 0 aromatic carbocycles. The molecule has 0 aromatic heterocycles. The molecule has 256 valence electrons. The lowest BCUT2D eigenvalue weighted by molar-refractivity contribution is -0.363. The topological polar surface area (TPSA) is 261 Å². The minimum absolute atomic E-state index is 0.167. The van der Waals surface area contributed by atoms with Gasteiger partial charge in [0.05, 0.1) is 43.0 Å². The standard InChI is InChI=1S/C28H48O16/c1-9-19(32)22(35)24(37)27(41-9)40-8-18-21(34)23(36)25(38)28(44-18)43-17-7-12-13(30)5-11(29)6-15(12)42-26(17)10-3-14(31)20(33)16(4-10)39-2/h9-38H,3-8H2,1-2H3/p+1/t9-,10?,11?,12?,13?,14?,15?,16?,17?,18+,19-,20?,21+,22+,23-,24+,25+,26?,27+,28+/m0/s1. The van der Waals surface area contributed by atoms with Gasteiger partial charge in [-0.2, -0.15) is 0 Å². The molecule has 20 atom stereocenters. The first-order chi connectivity index (χ1) is 20.8. The van der Waals surface area contributed by atoms with Crippen molar-refractivity contribution >= 4 is 0 Å². The zero-order valence-electron chi connectivity index (χ0n) is 24.8. The maximum absolute atomic E-state index is 10.9. The summed E-state index contributed by atoms with van der Waals surface area (Å²) in [5.74, 6) is -0.717. The van der Waals surface area contributed by atoms with Crippen LogP contribution in [0.5, 0.6) is 0 Å². The summed E-state index contributed by atoms with van der Waals surface area (Å²) in [7, 11) is 1.43. The molecule has 3 aliphatic heterocycles. The molecule has 16 nitrogen and oxygen atoms in total. The summed E-state index contributed by atoms with van der Waals surface area (Å²) in [5, 5.41) is 105. The third-order valence-electron chi connectivity index (χ3n) is 10.1. The van der Waals surface area contributed by atoms with Gasteiger partial charge in [0.25, 0.3) is 0 Å². The van der Waals surface area contributed by atoms with E-state index in [9.17, 15) is 51.1 Å². The summed E-state index contributed by atoms with van der Waals surface area (Å²) in [4.78, 5) is 0. The monoisotopic (exact) mass is 641 g/mol. The van der Waals surface area contributed by atoms with E-state index in [-0.39, 0.29) is 31.1 Å². The van der Waals surface area contributed by atoms with Crippen molar-refractivity contribution in [1.29, 1.82) is 0 Å². The molecule has 5 rings (SSSR count). The molecule has 2 aliphatic carbocycles. The molecule has 5 fully saturated rings. The van der Waals surface area contributed by atoms with E-state index in [1.807, 2.05) is 0 Å². The van der Waals surface area contributed by atoms with Crippen molar-refractivity contribution in [3.05, 3.63) is 0 Å². The highest BCUT2D eigenvalue weighted by Gasteiger charge is 2.56. The number of methoxy groups -OCH3 is 1. The van der Waals surface area contributed by atoms with Gasteiger partial charge in [-0.05, 0) is 26.2 Å². The second-order valence-corrected chi connectivity index (χ2v) is 13.1. The van der Waals surface area contributed by atoms with Crippen molar-refractivity contribution < 1.29 is 79.5 Å². The second-order valence-electron chi connectivity index (χ2n) is 13.1. The van der Waals surface area contributed by atoms with Crippen LogP contribution in [0.25, 0.3) is 0 Å². The van der Waals surface area contributed by atoms with Gasteiger partial charge in [0.2, 0.25) is 0 Å². The second kappa shape index (κ2) is 14.2. The maximum Gasteiger partial charge on any atom is 0.187 e. The molecule has 5 aliphatic rings.